The second-order valence-corrected chi connectivity index (χ2v) is 7.18. The van der Waals surface area contributed by atoms with Crippen LogP contribution in [-0.2, 0) is 6.42 Å². The Balaban J connectivity index is 2.08. The molecule has 1 aliphatic rings. The first-order valence-corrected chi connectivity index (χ1v) is 7.76. The largest absolute Gasteiger partial charge is 0.271 e. The Kier molecular flexibility index (Phi) is 4.41. The molecule has 0 spiro atoms. The number of aromatic nitrogens is 1. The van der Waals surface area contributed by atoms with Gasteiger partial charge in [-0.05, 0) is 32.1 Å². The highest BCUT2D eigenvalue weighted by atomic mass is 32.1. The van der Waals surface area contributed by atoms with Crippen molar-refractivity contribution in [2.75, 3.05) is 0 Å². The van der Waals surface area contributed by atoms with Crippen molar-refractivity contribution in [3.8, 4) is 0 Å². The van der Waals surface area contributed by atoms with Crippen LogP contribution in [0.5, 0.6) is 0 Å². The van der Waals surface area contributed by atoms with E-state index in [1.54, 1.807) is 0 Å². The number of hydrazine groups is 1. The zero-order chi connectivity index (χ0) is 13.2. The summed E-state index contributed by atoms with van der Waals surface area (Å²) < 4.78 is 0. The van der Waals surface area contributed by atoms with E-state index in [2.05, 4.69) is 31.2 Å². The molecule has 1 aromatic heterocycles. The van der Waals surface area contributed by atoms with Crippen LogP contribution in [0.25, 0.3) is 0 Å². The third kappa shape index (κ3) is 2.92. The molecule has 3 nitrogen and oxygen atoms in total. The quantitative estimate of drug-likeness (QED) is 0.651. The predicted octanol–water partition coefficient (Wildman–Crippen LogP) is 3.10. The Bertz CT molecular complexity index is 374. The minimum atomic E-state index is 0.334. The molecule has 1 saturated carbocycles. The van der Waals surface area contributed by atoms with Gasteiger partial charge in [0.25, 0.3) is 0 Å². The third-order valence-corrected chi connectivity index (χ3v) is 5.58. The first-order valence-electron chi connectivity index (χ1n) is 6.94. The molecular weight excluding hydrogens is 242 g/mol. The van der Waals surface area contributed by atoms with Gasteiger partial charge in [0.2, 0.25) is 0 Å². The van der Waals surface area contributed by atoms with Crippen LogP contribution in [0.2, 0.25) is 0 Å². The first kappa shape index (κ1) is 14.0. The maximum atomic E-state index is 5.81. The summed E-state index contributed by atoms with van der Waals surface area (Å²) in [5, 5.41) is 1.22. The van der Waals surface area contributed by atoms with E-state index in [9.17, 15) is 0 Å². The van der Waals surface area contributed by atoms with Crippen molar-refractivity contribution in [2.45, 2.75) is 65.3 Å². The van der Waals surface area contributed by atoms with Gasteiger partial charge in [-0.2, -0.15) is 0 Å². The highest BCUT2D eigenvalue weighted by Gasteiger charge is 2.35. The number of hydrogen-bond donors (Lipinski definition) is 2. The van der Waals surface area contributed by atoms with E-state index in [4.69, 9.17) is 5.84 Å². The van der Waals surface area contributed by atoms with Crippen molar-refractivity contribution in [1.82, 2.24) is 10.4 Å². The third-order valence-electron chi connectivity index (χ3n) is 4.49. The van der Waals surface area contributed by atoms with E-state index in [1.807, 2.05) is 11.3 Å². The van der Waals surface area contributed by atoms with Crippen molar-refractivity contribution >= 4 is 11.3 Å². The van der Waals surface area contributed by atoms with Gasteiger partial charge in [0.15, 0.2) is 0 Å². The van der Waals surface area contributed by atoms with Gasteiger partial charge in [-0.1, -0.05) is 26.2 Å². The lowest BCUT2D eigenvalue weighted by atomic mass is 9.70. The fourth-order valence-corrected chi connectivity index (χ4v) is 3.99. The van der Waals surface area contributed by atoms with Gasteiger partial charge in [-0.15, -0.1) is 11.3 Å². The van der Waals surface area contributed by atoms with E-state index in [0.29, 0.717) is 11.5 Å². The molecule has 0 amide bonds. The molecule has 18 heavy (non-hydrogen) atoms. The molecule has 2 rings (SSSR count). The van der Waals surface area contributed by atoms with Gasteiger partial charge in [0, 0.05) is 17.3 Å². The van der Waals surface area contributed by atoms with Gasteiger partial charge >= 0.3 is 0 Å². The maximum absolute atomic E-state index is 5.81. The fraction of sp³-hybridized carbons (Fsp3) is 0.786. The van der Waals surface area contributed by atoms with Gasteiger partial charge in [0.05, 0.1) is 10.7 Å². The molecular formula is C14H25N3S. The molecule has 1 aromatic rings. The summed E-state index contributed by atoms with van der Waals surface area (Å²) >= 11 is 1.81. The Hall–Kier alpha value is -0.450. The topological polar surface area (TPSA) is 50.9 Å². The molecule has 0 bridgehead atoms. The lowest BCUT2D eigenvalue weighted by molar-refractivity contribution is 0.144. The van der Waals surface area contributed by atoms with Crippen molar-refractivity contribution in [3.05, 3.63) is 15.6 Å². The van der Waals surface area contributed by atoms with Crippen molar-refractivity contribution in [1.29, 1.82) is 0 Å². The molecule has 0 saturated heterocycles. The molecule has 1 aliphatic carbocycles. The Morgan fingerprint density at radius 2 is 2.00 bits per heavy atom. The van der Waals surface area contributed by atoms with Crippen LogP contribution in [-0.4, -0.2) is 11.0 Å². The van der Waals surface area contributed by atoms with Crippen molar-refractivity contribution < 1.29 is 0 Å². The van der Waals surface area contributed by atoms with E-state index >= 15 is 0 Å². The van der Waals surface area contributed by atoms with E-state index in [1.165, 1.54) is 47.7 Å². The fourth-order valence-electron chi connectivity index (χ4n) is 3.02. The number of nitrogens with zero attached hydrogens (tertiary/aromatic N) is 1. The van der Waals surface area contributed by atoms with Crippen LogP contribution in [0.1, 0.15) is 54.6 Å². The average Bonchev–Trinajstić information content (AvgIpc) is 2.66. The minimum Gasteiger partial charge on any atom is -0.271 e. The molecule has 0 aromatic carbocycles. The van der Waals surface area contributed by atoms with Crippen LogP contribution in [0.4, 0.5) is 0 Å². The Morgan fingerprint density at radius 1 is 1.33 bits per heavy atom. The van der Waals surface area contributed by atoms with Crippen LogP contribution in [0.15, 0.2) is 0 Å². The minimum absolute atomic E-state index is 0.334. The maximum Gasteiger partial charge on any atom is 0.0947 e. The van der Waals surface area contributed by atoms with Crippen LogP contribution in [0, 0.1) is 19.3 Å². The SMILES string of the molecule is Cc1nc(CC(NN)C2(C)CCCCC2)sc1C. The Morgan fingerprint density at radius 3 is 2.50 bits per heavy atom. The number of hydrogen-bond acceptors (Lipinski definition) is 4. The summed E-state index contributed by atoms with van der Waals surface area (Å²) in [5.74, 6) is 5.81. The Labute approximate surface area is 114 Å². The summed E-state index contributed by atoms with van der Waals surface area (Å²) in [4.78, 5) is 5.98. The molecule has 0 radical (unpaired) electrons. The highest BCUT2D eigenvalue weighted by molar-refractivity contribution is 7.11. The van der Waals surface area contributed by atoms with Crippen LogP contribution in [0.3, 0.4) is 0 Å². The summed E-state index contributed by atoms with van der Waals surface area (Å²) in [5.41, 5.74) is 4.56. The van der Waals surface area contributed by atoms with Gasteiger partial charge in [0.1, 0.15) is 0 Å². The van der Waals surface area contributed by atoms with E-state index in [0.717, 1.165) is 6.42 Å². The molecule has 102 valence electrons. The monoisotopic (exact) mass is 267 g/mol. The molecule has 1 atom stereocenters. The molecule has 1 heterocycles. The zero-order valence-electron chi connectivity index (χ0n) is 11.8. The second kappa shape index (κ2) is 5.68. The standard InChI is InChI=1S/C14H25N3S/c1-10-11(2)18-13(16-10)9-12(17-15)14(3)7-5-4-6-8-14/h12,17H,4-9,15H2,1-3H3. The predicted molar refractivity (Wildman–Crippen MR) is 77.6 cm³/mol. The average molecular weight is 267 g/mol. The number of thiazole rings is 1. The highest BCUT2D eigenvalue weighted by Crippen LogP contribution is 2.39. The lowest BCUT2D eigenvalue weighted by Crippen LogP contribution is -2.49. The lowest BCUT2D eigenvalue weighted by Gasteiger charge is -2.40. The second-order valence-electron chi connectivity index (χ2n) is 5.89. The van der Waals surface area contributed by atoms with Gasteiger partial charge in [-0.25, -0.2) is 4.98 Å². The summed E-state index contributed by atoms with van der Waals surface area (Å²) in [6.45, 7) is 6.61. The smallest absolute Gasteiger partial charge is 0.0947 e. The van der Waals surface area contributed by atoms with E-state index < -0.39 is 0 Å². The number of nitrogens with one attached hydrogen (secondary N) is 1. The number of nitrogens with two attached hydrogens (primary N) is 1. The summed E-state index contributed by atoms with van der Waals surface area (Å²) in [6.07, 6.45) is 7.58. The molecule has 1 unspecified atom stereocenters. The number of rotatable bonds is 4. The summed E-state index contributed by atoms with van der Waals surface area (Å²) in [6, 6.07) is 0.350. The van der Waals surface area contributed by atoms with E-state index in [-0.39, 0.29) is 0 Å². The van der Waals surface area contributed by atoms with Gasteiger partial charge in [-0.3, -0.25) is 11.3 Å². The molecule has 0 aliphatic heterocycles. The normalized spacial score (nSPS) is 20.9. The molecule has 1 fully saturated rings. The zero-order valence-corrected chi connectivity index (χ0v) is 12.6. The number of aryl methyl sites for hydroxylation is 2. The first-order chi connectivity index (χ1) is 8.55. The van der Waals surface area contributed by atoms with Crippen LogP contribution < -0.4 is 11.3 Å². The molecule has 4 heteroatoms. The van der Waals surface area contributed by atoms with Crippen LogP contribution >= 0.6 is 11.3 Å². The molecule has 3 N–H and O–H groups in total. The van der Waals surface area contributed by atoms with Crippen molar-refractivity contribution in [2.24, 2.45) is 11.3 Å². The van der Waals surface area contributed by atoms with Gasteiger partial charge < -0.3 is 0 Å². The summed E-state index contributed by atoms with van der Waals surface area (Å²) in [7, 11) is 0. The van der Waals surface area contributed by atoms with Crippen molar-refractivity contribution in [3.63, 3.8) is 0 Å².